The van der Waals surface area contributed by atoms with Gasteiger partial charge in [-0.15, -0.1) is 0 Å². The minimum Gasteiger partial charge on any atom is -0.507 e. The molecule has 1 unspecified atom stereocenters. The maximum Gasteiger partial charge on any atom is 0.300 e. The number of nitrogens with zero attached hydrogens (tertiary/aromatic N) is 1. The molecule has 0 bridgehead atoms. The van der Waals surface area contributed by atoms with Crippen molar-refractivity contribution in [1.29, 1.82) is 0 Å². The summed E-state index contributed by atoms with van der Waals surface area (Å²) in [6.45, 7) is 1.92. The molecule has 1 atom stereocenters. The van der Waals surface area contributed by atoms with Crippen molar-refractivity contribution in [3.8, 4) is 11.5 Å². The molecule has 3 aromatic rings. The van der Waals surface area contributed by atoms with Crippen LogP contribution in [0.25, 0.3) is 5.76 Å². The lowest BCUT2D eigenvalue weighted by Crippen LogP contribution is -2.29. The zero-order chi connectivity index (χ0) is 24.6. The van der Waals surface area contributed by atoms with Crippen LogP contribution in [-0.4, -0.2) is 31.0 Å². The van der Waals surface area contributed by atoms with Gasteiger partial charge in [0.1, 0.15) is 17.3 Å². The van der Waals surface area contributed by atoms with E-state index in [0.29, 0.717) is 33.3 Å². The van der Waals surface area contributed by atoms with Crippen LogP contribution in [0.15, 0.2) is 70.7 Å². The number of aliphatic hydroxyl groups excluding tert-OH is 1. The van der Waals surface area contributed by atoms with Gasteiger partial charge in [-0.1, -0.05) is 33.6 Å². The Morgan fingerprint density at radius 3 is 2.32 bits per heavy atom. The van der Waals surface area contributed by atoms with E-state index in [1.807, 2.05) is 13.0 Å². The second-order valence-corrected chi connectivity index (χ2v) is 9.01. The van der Waals surface area contributed by atoms with Crippen LogP contribution >= 0.6 is 27.5 Å². The Labute approximate surface area is 210 Å². The molecular formula is C26H21BrClNO5. The number of hydrogen-bond donors (Lipinski definition) is 1. The Morgan fingerprint density at radius 2 is 1.71 bits per heavy atom. The third kappa shape index (κ3) is 4.17. The number of ether oxygens (including phenoxy) is 2. The van der Waals surface area contributed by atoms with Gasteiger partial charge in [0.05, 0.1) is 25.8 Å². The van der Waals surface area contributed by atoms with Crippen LogP contribution in [0.2, 0.25) is 5.02 Å². The fourth-order valence-corrected chi connectivity index (χ4v) is 4.42. The van der Waals surface area contributed by atoms with Crippen molar-refractivity contribution >= 4 is 50.7 Å². The normalized spacial score (nSPS) is 17.2. The quantitative estimate of drug-likeness (QED) is 0.241. The fraction of sp³-hybridized carbons (Fsp3) is 0.154. The monoisotopic (exact) mass is 541 g/mol. The summed E-state index contributed by atoms with van der Waals surface area (Å²) in [5, 5.41) is 11.7. The van der Waals surface area contributed by atoms with Crippen molar-refractivity contribution in [2.75, 3.05) is 19.1 Å². The number of aliphatic hydroxyl groups is 1. The molecule has 3 aromatic carbocycles. The van der Waals surface area contributed by atoms with Gasteiger partial charge in [0.2, 0.25) is 0 Å². The summed E-state index contributed by atoms with van der Waals surface area (Å²) in [5.41, 5.74) is 2.31. The van der Waals surface area contributed by atoms with Crippen LogP contribution in [0, 0.1) is 6.92 Å². The molecule has 1 amide bonds. The standard InChI is InChI=1S/C26H21BrClNO5/c1-14-4-9-17(12-20(14)27)29-23(19-11-10-18(33-2)13-21(19)34-3)22(25(31)26(29)32)24(30)15-5-7-16(28)8-6-15/h4-13,23,30H,1-3H3/b24-22-. The van der Waals surface area contributed by atoms with E-state index in [1.54, 1.807) is 54.6 Å². The van der Waals surface area contributed by atoms with Gasteiger partial charge < -0.3 is 14.6 Å². The molecule has 8 heteroatoms. The predicted octanol–water partition coefficient (Wildman–Crippen LogP) is 6.05. The smallest absolute Gasteiger partial charge is 0.300 e. The summed E-state index contributed by atoms with van der Waals surface area (Å²) in [4.78, 5) is 28.0. The molecule has 1 aliphatic rings. The Balaban J connectivity index is 2.00. The molecule has 0 aliphatic carbocycles. The van der Waals surface area contributed by atoms with E-state index in [9.17, 15) is 14.7 Å². The topological polar surface area (TPSA) is 76.1 Å². The number of rotatable bonds is 5. The highest BCUT2D eigenvalue weighted by atomic mass is 79.9. The van der Waals surface area contributed by atoms with Gasteiger partial charge in [-0.2, -0.15) is 0 Å². The molecule has 1 aliphatic heterocycles. The van der Waals surface area contributed by atoms with Crippen LogP contribution in [0.3, 0.4) is 0 Å². The van der Waals surface area contributed by atoms with Gasteiger partial charge >= 0.3 is 0 Å². The maximum atomic E-state index is 13.3. The third-order valence-electron chi connectivity index (χ3n) is 5.73. The number of benzene rings is 3. The second kappa shape index (κ2) is 9.52. The summed E-state index contributed by atoms with van der Waals surface area (Å²) in [7, 11) is 3.02. The van der Waals surface area contributed by atoms with Crippen molar-refractivity contribution in [1.82, 2.24) is 0 Å². The molecule has 4 rings (SSSR count). The van der Waals surface area contributed by atoms with E-state index >= 15 is 0 Å². The largest absolute Gasteiger partial charge is 0.507 e. The lowest BCUT2D eigenvalue weighted by Gasteiger charge is -2.27. The van der Waals surface area contributed by atoms with Crippen molar-refractivity contribution < 1.29 is 24.2 Å². The maximum absolute atomic E-state index is 13.3. The van der Waals surface area contributed by atoms with Gasteiger partial charge in [0, 0.05) is 32.4 Å². The van der Waals surface area contributed by atoms with Crippen molar-refractivity contribution in [3.63, 3.8) is 0 Å². The predicted molar refractivity (Wildman–Crippen MR) is 135 cm³/mol. The first-order valence-electron chi connectivity index (χ1n) is 10.3. The summed E-state index contributed by atoms with van der Waals surface area (Å²) in [5.74, 6) is -0.898. The molecule has 1 saturated heterocycles. The summed E-state index contributed by atoms with van der Waals surface area (Å²) in [6.07, 6.45) is 0. The zero-order valence-electron chi connectivity index (χ0n) is 18.6. The van der Waals surface area contributed by atoms with Gasteiger partial charge in [-0.25, -0.2) is 0 Å². The molecule has 0 radical (unpaired) electrons. The minimum atomic E-state index is -0.939. The number of anilines is 1. The first-order chi connectivity index (χ1) is 16.3. The third-order valence-corrected chi connectivity index (χ3v) is 6.84. The lowest BCUT2D eigenvalue weighted by molar-refractivity contribution is -0.132. The average Bonchev–Trinajstić information content (AvgIpc) is 3.10. The second-order valence-electron chi connectivity index (χ2n) is 7.72. The van der Waals surface area contributed by atoms with Crippen LogP contribution < -0.4 is 14.4 Å². The van der Waals surface area contributed by atoms with E-state index in [0.717, 1.165) is 10.0 Å². The van der Waals surface area contributed by atoms with Crippen molar-refractivity contribution in [3.05, 3.63) is 92.4 Å². The number of methoxy groups -OCH3 is 2. The average molecular weight is 543 g/mol. The van der Waals surface area contributed by atoms with E-state index in [-0.39, 0.29) is 11.3 Å². The molecule has 0 saturated carbocycles. The summed E-state index contributed by atoms with van der Waals surface area (Å²) in [6, 6.07) is 15.9. The molecule has 34 heavy (non-hydrogen) atoms. The number of Topliss-reactive ketones (excluding diaryl/α,β-unsaturated/α-hetero) is 1. The number of amides is 1. The van der Waals surface area contributed by atoms with Crippen LogP contribution in [-0.2, 0) is 9.59 Å². The number of hydrogen-bond acceptors (Lipinski definition) is 5. The van der Waals surface area contributed by atoms with Crippen LogP contribution in [0.1, 0.15) is 22.7 Å². The van der Waals surface area contributed by atoms with Gasteiger partial charge in [0.25, 0.3) is 11.7 Å². The van der Waals surface area contributed by atoms with Crippen molar-refractivity contribution in [2.45, 2.75) is 13.0 Å². The molecule has 1 fully saturated rings. The molecule has 0 spiro atoms. The minimum absolute atomic E-state index is 0.0486. The SMILES string of the molecule is COc1ccc(C2/C(=C(/O)c3ccc(Cl)cc3)C(=O)C(=O)N2c2ccc(C)c(Br)c2)c(OC)c1. The number of ketones is 1. The highest BCUT2D eigenvalue weighted by Crippen LogP contribution is 2.46. The summed E-state index contributed by atoms with van der Waals surface area (Å²) < 4.78 is 11.7. The first kappa shape index (κ1) is 23.9. The first-order valence-corrected chi connectivity index (χ1v) is 11.5. The molecule has 6 nitrogen and oxygen atoms in total. The molecule has 0 aromatic heterocycles. The highest BCUT2D eigenvalue weighted by Gasteiger charge is 2.48. The van der Waals surface area contributed by atoms with Crippen LogP contribution in [0.4, 0.5) is 5.69 Å². The fourth-order valence-electron chi connectivity index (χ4n) is 3.93. The van der Waals surface area contributed by atoms with Crippen molar-refractivity contribution in [2.24, 2.45) is 0 Å². The van der Waals surface area contributed by atoms with Gasteiger partial charge in [0.15, 0.2) is 0 Å². The number of halogens is 2. The molecule has 1 N–H and O–H groups in total. The Kier molecular flexibility index (Phi) is 6.68. The number of carbonyl (C=O) groups is 2. The lowest BCUT2D eigenvalue weighted by atomic mass is 9.94. The van der Waals surface area contributed by atoms with Crippen LogP contribution in [0.5, 0.6) is 11.5 Å². The highest BCUT2D eigenvalue weighted by molar-refractivity contribution is 9.10. The van der Waals surface area contributed by atoms with E-state index < -0.39 is 17.7 Å². The Morgan fingerprint density at radius 1 is 1.00 bits per heavy atom. The Bertz CT molecular complexity index is 1320. The molecular weight excluding hydrogens is 522 g/mol. The number of carbonyl (C=O) groups excluding carboxylic acids is 2. The summed E-state index contributed by atoms with van der Waals surface area (Å²) >= 11 is 9.49. The van der Waals surface area contributed by atoms with E-state index in [1.165, 1.54) is 19.1 Å². The zero-order valence-corrected chi connectivity index (χ0v) is 21.0. The Hall–Kier alpha value is -3.29. The molecule has 1 heterocycles. The van der Waals surface area contributed by atoms with Gasteiger partial charge in [-0.05, 0) is 61.0 Å². The van der Waals surface area contributed by atoms with E-state index in [4.69, 9.17) is 21.1 Å². The van der Waals surface area contributed by atoms with E-state index in [2.05, 4.69) is 15.9 Å². The molecule has 174 valence electrons. The number of aryl methyl sites for hydroxylation is 1. The van der Waals surface area contributed by atoms with Gasteiger partial charge in [-0.3, -0.25) is 14.5 Å².